The van der Waals surface area contributed by atoms with Crippen molar-refractivity contribution in [2.24, 2.45) is 0 Å². The topological polar surface area (TPSA) is 104 Å². The Labute approximate surface area is 123 Å². The molecule has 0 atom stereocenters. The van der Waals surface area contributed by atoms with Crippen LogP contribution in [0.2, 0.25) is 0 Å². The van der Waals surface area contributed by atoms with Crippen LogP contribution in [-0.4, -0.2) is 39.6 Å². The minimum Gasteiger partial charge on any atom is -0.352 e. The smallest absolute Gasteiger partial charge is 0.251 e. The van der Waals surface area contributed by atoms with E-state index in [1.54, 1.807) is 18.2 Å². The van der Waals surface area contributed by atoms with Gasteiger partial charge in [0.2, 0.25) is 15.9 Å². The van der Waals surface area contributed by atoms with Gasteiger partial charge in [0.25, 0.3) is 5.91 Å². The molecule has 1 aromatic carbocycles. The molecule has 2 rings (SSSR count). The Morgan fingerprint density at radius 1 is 1.33 bits per heavy atom. The monoisotopic (exact) mass is 311 g/mol. The van der Waals surface area contributed by atoms with Crippen molar-refractivity contribution in [2.45, 2.75) is 12.8 Å². The highest BCUT2D eigenvalue weighted by molar-refractivity contribution is 7.88. The summed E-state index contributed by atoms with van der Waals surface area (Å²) >= 11 is 0. The number of hydrogen-bond acceptors (Lipinski definition) is 4. The van der Waals surface area contributed by atoms with E-state index < -0.39 is 10.0 Å². The molecule has 1 heterocycles. The molecule has 1 aromatic rings. The maximum absolute atomic E-state index is 11.9. The van der Waals surface area contributed by atoms with E-state index in [4.69, 9.17) is 0 Å². The van der Waals surface area contributed by atoms with Gasteiger partial charge in [-0.25, -0.2) is 13.1 Å². The van der Waals surface area contributed by atoms with Crippen LogP contribution in [0, 0.1) is 0 Å². The SMILES string of the molecule is CS(=O)(=O)NCCCNC(=O)c1ccc2c(c1)NC(=O)C2. The maximum Gasteiger partial charge on any atom is 0.251 e. The van der Waals surface area contributed by atoms with E-state index >= 15 is 0 Å². The zero-order chi connectivity index (χ0) is 15.5. The molecule has 0 saturated carbocycles. The van der Waals surface area contributed by atoms with Crippen LogP contribution in [0.1, 0.15) is 22.3 Å². The molecule has 8 heteroatoms. The van der Waals surface area contributed by atoms with Gasteiger partial charge in [0, 0.05) is 24.3 Å². The second-order valence-electron chi connectivity index (χ2n) is 4.87. The standard InChI is InChI=1S/C13H17N3O4S/c1-21(19,20)15-6-2-5-14-13(18)10-4-3-9-8-12(17)16-11(9)7-10/h3-4,7,15H,2,5-6,8H2,1H3,(H,14,18)(H,16,17). The first kappa shape index (κ1) is 15.5. The van der Waals surface area contributed by atoms with E-state index in [1.807, 2.05) is 0 Å². The second-order valence-corrected chi connectivity index (χ2v) is 6.71. The lowest BCUT2D eigenvalue weighted by Crippen LogP contribution is -2.29. The zero-order valence-corrected chi connectivity index (χ0v) is 12.4. The van der Waals surface area contributed by atoms with Crippen LogP contribution in [0.25, 0.3) is 0 Å². The summed E-state index contributed by atoms with van der Waals surface area (Å²) in [6, 6.07) is 5.07. The Morgan fingerprint density at radius 2 is 2.10 bits per heavy atom. The molecule has 1 aliphatic heterocycles. The molecule has 0 saturated heterocycles. The zero-order valence-electron chi connectivity index (χ0n) is 11.6. The van der Waals surface area contributed by atoms with Crippen molar-refractivity contribution in [2.75, 3.05) is 24.7 Å². The van der Waals surface area contributed by atoms with Crippen molar-refractivity contribution in [3.8, 4) is 0 Å². The lowest BCUT2D eigenvalue weighted by Gasteiger charge is -2.07. The van der Waals surface area contributed by atoms with Crippen molar-refractivity contribution in [1.82, 2.24) is 10.0 Å². The molecule has 0 radical (unpaired) electrons. The summed E-state index contributed by atoms with van der Waals surface area (Å²) < 4.78 is 24.1. The maximum atomic E-state index is 11.9. The first-order chi connectivity index (χ1) is 9.85. The van der Waals surface area contributed by atoms with Crippen molar-refractivity contribution in [3.05, 3.63) is 29.3 Å². The highest BCUT2D eigenvalue weighted by Crippen LogP contribution is 2.23. The van der Waals surface area contributed by atoms with Gasteiger partial charge in [0.1, 0.15) is 0 Å². The fourth-order valence-corrected chi connectivity index (χ4v) is 2.52. The number of benzene rings is 1. The summed E-state index contributed by atoms with van der Waals surface area (Å²) in [6.07, 6.45) is 1.93. The third-order valence-electron chi connectivity index (χ3n) is 3.00. The van der Waals surface area contributed by atoms with Gasteiger partial charge in [-0.05, 0) is 24.1 Å². The lowest BCUT2D eigenvalue weighted by atomic mass is 10.1. The van der Waals surface area contributed by atoms with E-state index in [2.05, 4.69) is 15.4 Å². The average molecular weight is 311 g/mol. The molecule has 0 spiro atoms. The van der Waals surface area contributed by atoms with Crippen molar-refractivity contribution in [3.63, 3.8) is 0 Å². The second kappa shape index (κ2) is 6.23. The molecule has 0 bridgehead atoms. The average Bonchev–Trinajstić information content (AvgIpc) is 2.75. The molecular weight excluding hydrogens is 294 g/mol. The fraction of sp³-hybridized carbons (Fsp3) is 0.385. The number of nitrogens with one attached hydrogen (secondary N) is 3. The Morgan fingerprint density at radius 3 is 2.81 bits per heavy atom. The van der Waals surface area contributed by atoms with Gasteiger partial charge in [-0.1, -0.05) is 6.07 Å². The highest BCUT2D eigenvalue weighted by atomic mass is 32.2. The number of rotatable bonds is 6. The number of amides is 2. The number of hydrogen-bond donors (Lipinski definition) is 3. The van der Waals surface area contributed by atoms with Crippen LogP contribution in [0.15, 0.2) is 18.2 Å². The summed E-state index contributed by atoms with van der Waals surface area (Å²) in [6.45, 7) is 0.643. The van der Waals surface area contributed by atoms with Gasteiger partial charge in [0.15, 0.2) is 0 Å². The fourth-order valence-electron chi connectivity index (χ4n) is 2.01. The Bertz CT molecular complexity index is 670. The molecule has 2 amide bonds. The summed E-state index contributed by atoms with van der Waals surface area (Å²) in [7, 11) is -3.19. The molecule has 7 nitrogen and oxygen atoms in total. The van der Waals surface area contributed by atoms with Crippen LogP contribution in [0.4, 0.5) is 5.69 Å². The number of carbonyl (C=O) groups excluding carboxylic acids is 2. The quantitative estimate of drug-likeness (QED) is 0.635. The van der Waals surface area contributed by atoms with Crippen LogP contribution >= 0.6 is 0 Å². The predicted octanol–water partition coefficient (Wildman–Crippen LogP) is -0.150. The van der Waals surface area contributed by atoms with Gasteiger partial charge in [-0.2, -0.15) is 0 Å². The van der Waals surface area contributed by atoms with Gasteiger partial charge in [0.05, 0.1) is 12.7 Å². The van der Waals surface area contributed by atoms with E-state index in [1.165, 1.54) is 0 Å². The summed E-state index contributed by atoms with van der Waals surface area (Å²) in [5.74, 6) is -0.326. The van der Waals surface area contributed by atoms with E-state index in [9.17, 15) is 18.0 Å². The van der Waals surface area contributed by atoms with Crippen LogP contribution in [0.3, 0.4) is 0 Å². The Kier molecular flexibility index (Phi) is 4.59. The summed E-state index contributed by atoms with van der Waals surface area (Å²) in [5, 5.41) is 5.39. The van der Waals surface area contributed by atoms with E-state index in [0.29, 0.717) is 30.6 Å². The van der Waals surface area contributed by atoms with Gasteiger partial charge < -0.3 is 10.6 Å². The number of anilines is 1. The lowest BCUT2D eigenvalue weighted by molar-refractivity contribution is -0.115. The first-order valence-corrected chi connectivity index (χ1v) is 8.40. The molecule has 0 unspecified atom stereocenters. The third kappa shape index (κ3) is 4.54. The Balaban J connectivity index is 1.82. The minimum atomic E-state index is -3.19. The van der Waals surface area contributed by atoms with Crippen molar-refractivity contribution < 1.29 is 18.0 Å². The molecule has 0 fully saturated rings. The highest BCUT2D eigenvalue weighted by Gasteiger charge is 2.18. The van der Waals surface area contributed by atoms with Crippen LogP contribution in [0.5, 0.6) is 0 Å². The molecule has 21 heavy (non-hydrogen) atoms. The number of sulfonamides is 1. The molecular formula is C13H17N3O4S. The van der Waals surface area contributed by atoms with Crippen molar-refractivity contribution >= 4 is 27.5 Å². The van der Waals surface area contributed by atoms with Gasteiger partial charge >= 0.3 is 0 Å². The van der Waals surface area contributed by atoms with Crippen LogP contribution < -0.4 is 15.4 Å². The predicted molar refractivity (Wildman–Crippen MR) is 78.6 cm³/mol. The van der Waals surface area contributed by atoms with Crippen LogP contribution in [-0.2, 0) is 21.2 Å². The van der Waals surface area contributed by atoms with E-state index in [-0.39, 0.29) is 18.4 Å². The molecule has 114 valence electrons. The largest absolute Gasteiger partial charge is 0.352 e. The normalized spacial score (nSPS) is 13.7. The Hall–Kier alpha value is -1.93. The molecule has 0 aliphatic carbocycles. The van der Waals surface area contributed by atoms with Gasteiger partial charge in [-0.3, -0.25) is 9.59 Å². The third-order valence-corrected chi connectivity index (χ3v) is 3.73. The number of fused-ring (bicyclic) bond motifs is 1. The van der Waals surface area contributed by atoms with E-state index in [0.717, 1.165) is 11.8 Å². The number of carbonyl (C=O) groups is 2. The van der Waals surface area contributed by atoms with Crippen molar-refractivity contribution in [1.29, 1.82) is 0 Å². The summed E-state index contributed by atoms with van der Waals surface area (Å²) in [5.41, 5.74) is 2.02. The summed E-state index contributed by atoms with van der Waals surface area (Å²) in [4.78, 5) is 23.2. The van der Waals surface area contributed by atoms with Gasteiger partial charge in [-0.15, -0.1) is 0 Å². The minimum absolute atomic E-state index is 0.0746. The molecule has 0 aromatic heterocycles. The molecule has 1 aliphatic rings. The molecule has 3 N–H and O–H groups in total. The first-order valence-electron chi connectivity index (χ1n) is 6.51.